The zero-order valence-electron chi connectivity index (χ0n) is 11.2. The van der Waals surface area contributed by atoms with E-state index in [2.05, 4.69) is 20.4 Å². The van der Waals surface area contributed by atoms with Crippen LogP contribution in [-0.2, 0) is 5.54 Å². The minimum absolute atomic E-state index is 0. The van der Waals surface area contributed by atoms with E-state index in [9.17, 15) is 4.79 Å². The first-order valence-corrected chi connectivity index (χ1v) is 6.16. The second-order valence-electron chi connectivity index (χ2n) is 5.77. The van der Waals surface area contributed by atoms with E-state index in [-0.39, 0.29) is 23.5 Å². The summed E-state index contributed by atoms with van der Waals surface area (Å²) in [6, 6.07) is 0. The Bertz CT molecular complexity index is 650. The van der Waals surface area contributed by atoms with Crippen LogP contribution in [-0.4, -0.2) is 32.8 Å². The van der Waals surface area contributed by atoms with E-state index in [1.165, 1.54) is 0 Å². The van der Waals surface area contributed by atoms with E-state index in [1.807, 2.05) is 25.5 Å². The van der Waals surface area contributed by atoms with Crippen LogP contribution in [0.3, 0.4) is 0 Å². The molecule has 1 aliphatic heterocycles. The fourth-order valence-electron chi connectivity index (χ4n) is 2.10. The van der Waals surface area contributed by atoms with Gasteiger partial charge in [0.25, 0.3) is 5.56 Å². The number of nitrogens with zero attached hydrogens (tertiary/aromatic N) is 3. The zero-order valence-corrected chi connectivity index (χ0v) is 12.0. The van der Waals surface area contributed by atoms with Crippen molar-refractivity contribution >= 4 is 23.4 Å². The predicted molar refractivity (Wildman–Crippen MR) is 76.0 cm³/mol. The normalized spacial score (nSPS) is 16.2. The Morgan fingerprint density at radius 2 is 2.05 bits per heavy atom. The Balaban J connectivity index is 0.00000133. The van der Waals surface area contributed by atoms with Crippen molar-refractivity contribution in [2.45, 2.75) is 32.2 Å². The molecule has 0 amide bonds. The molecule has 7 heteroatoms. The van der Waals surface area contributed by atoms with Gasteiger partial charge in [-0.1, -0.05) is 0 Å². The van der Waals surface area contributed by atoms with Gasteiger partial charge in [-0.25, -0.2) is 9.67 Å². The number of rotatable bonds is 1. The minimum Gasteiger partial charge on any atom is -0.315 e. The summed E-state index contributed by atoms with van der Waals surface area (Å²) in [5, 5.41) is 8.03. The van der Waals surface area contributed by atoms with Crippen molar-refractivity contribution < 1.29 is 0 Å². The third-order valence-electron chi connectivity index (χ3n) is 3.26. The van der Waals surface area contributed by atoms with Crippen LogP contribution < -0.4 is 10.9 Å². The molecule has 2 aromatic heterocycles. The summed E-state index contributed by atoms with van der Waals surface area (Å²) < 4.78 is 1.81. The highest BCUT2D eigenvalue weighted by molar-refractivity contribution is 5.85. The SMILES string of the molecule is CC(C)(C)n1ncc2c(=O)[nH]c(C3CNC3)nc21.Cl. The summed E-state index contributed by atoms with van der Waals surface area (Å²) in [6.45, 7) is 7.89. The van der Waals surface area contributed by atoms with Crippen LogP contribution >= 0.6 is 12.4 Å². The molecule has 6 nitrogen and oxygen atoms in total. The molecule has 2 N–H and O–H groups in total. The molecule has 0 bridgehead atoms. The van der Waals surface area contributed by atoms with Gasteiger partial charge in [-0.2, -0.15) is 5.10 Å². The molecule has 0 aromatic carbocycles. The van der Waals surface area contributed by atoms with Crippen molar-refractivity contribution in [2.24, 2.45) is 0 Å². The molecule has 19 heavy (non-hydrogen) atoms. The second kappa shape index (κ2) is 4.61. The minimum atomic E-state index is -0.183. The summed E-state index contributed by atoms with van der Waals surface area (Å²) in [6.07, 6.45) is 1.59. The molecule has 1 saturated heterocycles. The van der Waals surface area contributed by atoms with E-state index in [4.69, 9.17) is 0 Å². The van der Waals surface area contributed by atoms with Gasteiger partial charge in [0.05, 0.1) is 11.7 Å². The summed E-state index contributed by atoms with van der Waals surface area (Å²) in [5.41, 5.74) is 0.392. The number of nitrogens with one attached hydrogen (secondary N) is 2. The maximum Gasteiger partial charge on any atom is 0.262 e. The lowest BCUT2D eigenvalue weighted by Gasteiger charge is -2.26. The van der Waals surface area contributed by atoms with Crippen LogP contribution in [0.1, 0.15) is 32.5 Å². The van der Waals surface area contributed by atoms with Gasteiger partial charge in [-0.05, 0) is 20.8 Å². The molecule has 0 unspecified atom stereocenters. The molecule has 3 heterocycles. The highest BCUT2D eigenvalue weighted by Crippen LogP contribution is 2.20. The lowest BCUT2D eigenvalue weighted by molar-refractivity contribution is 0.364. The molecular weight excluding hydrogens is 266 g/mol. The third-order valence-corrected chi connectivity index (χ3v) is 3.26. The number of hydrogen-bond acceptors (Lipinski definition) is 4. The van der Waals surface area contributed by atoms with Gasteiger partial charge in [0.2, 0.25) is 0 Å². The van der Waals surface area contributed by atoms with E-state index < -0.39 is 0 Å². The Morgan fingerprint density at radius 3 is 2.58 bits per heavy atom. The van der Waals surface area contributed by atoms with Gasteiger partial charge in [-0.15, -0.1) is 12.4 Å². The average Bonchev–Trinajstić information content (AvgIpc) is 2.57. The van der Waals surface area contributed by atoms with Crippen molar-refractivity contribution in [3.63, 3.8) is 0 Å². The van der Waals surface area contributed by atoms with Crippen molar-refractivity contribution in [1.82, 2.24) is 25.1 Å². The van der Waals surface area contributed by atoms with Crippen molar-refractivity contribution in [3.8, 4) is 0 Å². The maximum absolute atomic E-state index is 12.0. The van der Waals surface area contributed by atoms with Gasteiger partial charge in [0.15, 0.2) is 5.65 Å². The van der Waals surface area contributed by atoms with Crippen LogP contribution in [0.5, 0.6) is 0 Å². The van der Waals surface area contributed by atoms with Crippen LogP contribution in [0.25, 0.3) is 11.0 Å². The van der Waals surface area contributed by atoms with Gasteiger partial charge in [-0.3, -0.25) is 4.79 Å². The van der Waals surface area contributed by atoms with E-state index >= 15 is 0 Å². The van der Waals surface area contributed by atoms with Crippen molar-refractivity contribution in [2.75, 3.05) is 13.1 Å². The Kier molecular flexibility index (Phi) is 3.40. The molecule has 2 aromatic rings. The molecule has 0 spiro atoms. The van der Waals surface area contributed by atoms with Gasteiger partial charge in [0.1, 0.15) is 11.2 Å². The average molecular weight is 284 g/mol. The maximum atomic E-state index is 12.0. The van der Waals surface area contributed by atoms with E-state index in [0.29, 0.717) is 17.0 Å². The first-order valence-electron chi connectivity index (χ1n) is 6.16. The van der Waals surface area contributed by atoms with E-state index in [0.717, 1.165) is 18.9 Å². The summed E-state index contributed by atoms with van der Waals surface area (Å²) in [7, 11) is 0. The lowest BCUT2D eigenvalue weighted by atomic mass is 10.0. The first-order chi connectivity index (χ1) is 8.47. The molecule has 3 rings (SSSR count). The molecule has 0 saturated carbocycles. The van der Waals surface area contributed by atoms with Crippen LogP contribution in [0, 0.1) is 0 Å². The van der Waals surface area contributed by atoms with Gasteiger partial charge >= 0.3 is 0 Å². The van der Waals surface area contributed by atoms with Crippen LogP contribution in [0.2, 0.25) is 0 Å². The third kappa shape index (κ3) is 2.26. The van der Waals surface area contributed by atoms with Crippen molar-refractivity contribution in [1.29, 1.82) is 0 Å². The molecule has 104 valence electrons. The van der Waals surface area contributed by atoms with Gasteiger partial charge in [0, 0.05) is 19.0 Å². The van der Waals surface area contributed by atoms with Crippen LogP contribution in [0.15, 0.2) is 11.0 Å². The number of aromatic amines is 1. The molecule has 1 aliphatic rings. The summed E-state index contributed by atoms with van der Waals surface area (Å²) in [5.74, 6) is 1.07. The Labute approximate surface area is 117 Å². The quantitative estimate of drug-likeness (QED) is 0.818. The first kappa shape index (κ1) is 14.0. The molecule has 0 aliphatic carbocycles. The summed E-state index contributed by atoms with van der Waals surface area (Å²) in [4.78, 5) is 19.5. The molecular formula is C12H18ClN5O. The summed E-state index contributed by atoms with van der Waals surface area (Å²) >= 11 is 0. The number of H-pyrrole nitrogens is 1. The van der Waals surface area contributed by atoms with E-state index in [1.54, 1.807) is 6.20 Å². The smallest absolute Gasteiger partial charge is 0.262 e. The molecule has 0 radical (unpaired) electrons. The molecule has 1 fully saturated rings. The number of aromatic nitrogens is 4. The largest absolute Gasteiger partial charge is 0.315 e. The fraction of sp³-hybridized carbons (Fsp3) is 0.583. The van der Waals surface area contributed by atoms with Crippen LogP contribution in [0.4, 0.5) is 0 Å². The topological polar surface area (TPSA) is 75.6 Å². The Hall–Kier alpha value is -1.40. The Morgan fingerprint density at radius 1 is 1.37 bits per heavy atom. The monoisotopic (exact) mass is 283 g/mol. The van der Waals surface area contributed by atoms with Crippen molar-refractivity contribution in [3.05, 3.63) is 22.4 Å². The highest BCUT2D eigenvalue weighted by Gasteiger charge is 2.25. The number of halogens is 1. The molecule has 0 atom stereocenters. The highest BCUT2D eigenvalue weighted by atomic mass is 35.5. The zero-order chi connectivity index (χ0) is 12.9. The number of fused-ring (bicyclic) bond motifs is 1. The standard InChI is InChI=1S/C12H17N5O.ClH/c1-12(2,3)17-10-8(6-14-17)11(18)16-9(15-10)7-4-13-5-7;/h6-7,13H,4-5H2,1-3H3,(H,15,16,18);1H. The lowest BCUT2D eigenvalue weighted by Crippen LogP contribution is -2.41. The van der Waals surface area contributed by atoms with Gasteiger partial charge < -0.3 is 10.3 Å². The second-order valence-corrected chi connectivity index (χ2v) is 5.77. The predicted octanol–water partition coefficient (Wildman–Crippen LogP) is 0.983. The fourth-order valence-corrected chi connectivity index (χ4v) is 2.10. The number of hydrogen-bond donors (Lipinski definition) is 2.